The van der Waals surface area contributed by atoms with Gasteiger partial charge in [0.25, 0.3) is 0 Å². The van der Waals surface area contributed by atoms with Crippen LogP contribution in [0, 0.1) is 41.5 Å². The Morgan fingerprint density at radius 2 is 0.800 bits per heavy atom. The van der Waals surface area contributed by atoms with Crippen LogP contribution in [0.5, 0.6) is 0 Å². The normalized spacial score (nSPS) is 14.4. The summed E-state index contributed by atoms with van der Waals surface area (Å²) >= 11 is 0. The van der Waals surface area contributed by atoms with Crippen LogP contribution in [-0.4, -0.2) is 8.07 Å². The molecule has 0 bridgehead atoms. The number of allylic oxidation sites excluding steroid dienone is 4. The summed E-state index contributed by atoms with van der Waals surface area (Å²) in [6.07, 6.45) is 6.38. The van der Waals surface area contributed by atoms with Gasteiger partial charge in [-0.15, -0.1) is 0 Å². The number of benzene rings is 3. The lowest BCUT2D eigenvalue weighted by Crippen LogP contribution is -2.46. The van der Waals surface area contributed by atoms with E-state index in [4.69, 9.17) is 0 Å². The molecule has 3 aromatic rings. The zero-order chi connectivity index (χ0) is 29.6. The summed E-state index contributed by atoms with van der Waals surface area (Å²) in [5.74, 6) is 0. The van der Waals surface area contributed by atoms with Crippen LogP contribution in [0.25, 0.3) is 0 Å². The van der Waals surface area contributed by atoms with Gasteiger partial charge in [-0.25, -0.2) is 0 Å². The molecular weight excluding hydrogens is 497 g/mol. The van der Waals surface area contributed by atoms with Gasteiger partial charge in [-0.2, -0.15) is 0 Å². The third-order valence-corrected chi connectivity index (χ3v) is 16.9. The zero-order valence-electron chi connectivity index (χ0n) is 27.3. The Morgan fingerprint density at radius 3 is 1.07 bits per heavy atom. The van der Waals surface area contributed by atoms with Crippen LogP contribution in [-0.2, 0) is 5.41 Å². The Hall–Kier alpha value is -2.64. The Morgan fingerprint density at radius 1 is 0.500 bits per heavy atom. The number of aryl methyl sites for hydroxylation is 6. The average Bonchev–Trinajstić information content (AvgIpc) is 3.27. The van der Waals surface area contributed by atoms with Crippen LogP contribution in [0.4, 0.5) is 0 Å². The smallest absolute Gasteiger partial charge is 0.0761 e. The van der Waals surface area contributed by atoms with E-state index in [0.717, 1.165) is 6.42 Å². The molecule has 1 aliphatic carbocycles. The van der Waals surface area contributed by atoms with Crippen LogP contribution < -0.4 is 0 Å². The van der Waals surface area contributed by atoms with Crippen molar-refractivity contribution in [3.05, 3.63) is 128 Å². The zero-order valence-corrected chi connectivity index (χ0v) is 28.3. The first-order valence-corrected chi connectivity index (χ1v) is 17.6. The van der Waals surface area contributed by atoms with Gasteiger partial charge >= 0.3 is 0 Å². The van der Waals surface area contributed by atoms with Gasteiger partial charge < -0.3 is 0 Å². The molecule has 0 aromatic heterocycles. The molecule has 0 nitrogen and oxygen atoms in total. The van der Waals surface area contributed by atoms with Crippen molar-refractivity contribution < 1.29 is 0 Å². The molecule has 0 fully saturated rings. The van der Waals surface area contributed by atoms with Crippen LogP contribution in [0.15, 0.2) is 77.5 Å². The van der Waals surface area contributed by atoms with Gasteiger partial charge in [0.1, 0.15) is 0 Å². The number of hydrogen-bond donors (Lipinski definition) is 0. The summed E-state index contributed by atoms with van der Waals surface area (Å²) in [7, 11) is -1.77. The van der Waals surface area contributed by atoms with E-state index < -0.39 is 8.07 Å². The molecule has 0 radical (unpaired) electrons. The number of hydrogen-bond acceptors (Lipinski definition) is 0. The van der Waals surface area contributed by atoms with Crippen molar-refractivity contribution in [2.45, 2.75) is 112 Å². The van der Waals surface area contributed by atoms with Gasteiger partial charge in [-0.1, -0.05) is 147 Å². The molecule has 0 saturated heterocycles. The van der Waals surface area contributed by atoms with Crippen LogP contribution >= 0.6 is 0 Å². The summed E-state index contributed by atoms with van der Waals surface area (Å²) in [5.41, 5.74) is 15.3. The second-order valence-electron chi connectivity index (χ2n) is 13.8. The second-order valence-corrected chi connectivity index (χ2v) is 19.8. The van der Waals surface area contributed by atoms with E-state index in [9.17, 15) is 0 Å². The molecule has 1 heteroatoms. The molecule has 0 atom stereocenters. The molecule has 3 aromatic carbocycles. The molecule has 4 rings (SSSR count). The summed E-state index contributed by atoms with van der Waals surface area (Å²) in [6, 6.07) is 21.7. The Balaban J connectivity index is 2.18. The van der Waals surface area contributed by atoms with E-state index >= 15 is 0 Å². The largest absolute Gasteiger partial charge is 0.0895 e. The molecule has 40 heavy (non-hydrogen) atoms. The first kappa shape index (κ1) is 30.3. The molecule has 212 valence electrons. The molecule has 0 heterocycles. The maximum Gasteiger partial charge on any atom is 0.0895 e. The Bertz CT molecular complexity index is 1250. The van der Waals surface area contributed by atoms with E-state index in [1.165, 1.54) is 55.6 Å². The van der Waals surface area contributed by atoms with Crippen LogP contribution in [0.1, 0.15) is 98.0 Å². The van der Waals surface area contributed by atoms with Gasteiger partial charge in [0.05, 0.1) is 13.5 Å². The fourth-order valence-corrected chi connectivity index (χ4v) is 15.9. The first-order chi connectivity index (χ1) is 18.7. The standard InChI is InChI=1S/C39H52Si/c1-25(2)40(26(3)4,27(5)6)38-14-13-34(24-38)39(35-18-28(7)15-29(8)19-35,36-20-30(9)16-31(10)21-36)37-22-32(11)17-33(12)23-37/h13,15-27H,14H2,1-12H3. The van der Waals surface area contributed by atoms with Gasteiger partial charge in [0.15, 0.2) is 0 Å². The lowest BCUT2D eigenvalue weighted by molar-refractivity contribution is 0.738. The van der Waals surface area contributed by atoms with E-state index in [0.29, 0.717) is 16.6 Å². The highest BCUT2D eigenvalue weighted by Crippen LogP contribution is 2.54. The van der Waals surface area contributed by atoms with Crippen LogP contribution in [0.2, 0.25) is 16.6 Å². The fraction of sp³-hybridized carbons (Fsp3) is 0.436. The van der Waals surface area contributed by atoms with Crippen molar-refractivity contribution >= 4 is 8.07 Å². The summed E-state index contributed by atoms with van der Waals surface area (Å²) in [6.45, 7) is 28.5. The minimum absolute atomic E-state index is 0.378. The molecule has 0 N–H and O–H groups in total. The third-order valence-electron chi connectivity index (χ3n) is 9.69. The van der Waals surface area contributed by atoms with Crippen molar-refractivity contribution in [2.75, 3.05) is 0 Å². The van der Waals surface area contributed by atoms with Gasteiger partial charge in [0.2, 0.25) is 0 Å². The monoisotopic (exact) mass is 548 g/mol. The van der Waals surface area contributed by atoms with Gasteiger partial charge in [0, 0.05) is 0 Å². The predicted octanol–water partition coefficient (Wildman–Crippen LogP) is 11.3. The van der Waals surface area contributed by atoms with Crippen molar-refractivity contribution in [3.8, 4) is 0 Å². The summed E-state index contributed by atoms with van der Waals surface area (Å²) in [4.78, 5) is 0. The highest BCUT2D eigenvalue weighted by Gasteiger charge is 2.48. The number of rotatable bonds is 8. The third kappa shape index (κ3) is 5.11. The predicted molar refractivity (Wildman–Crippen MR) is 179 cm³/mol. The molecule has 0 unspecified atom stereocenters. The van der Waals surface area contributed by atoms with Gasteiger partial charge in [-0.3, -0.25) is 0 Å². The molecule has 0 saturated carbocycles. The average molecular weight is 549 g/mol. The molecule has 1 aliphatic rings. The molecular formula is C39H52Si. The van der Waals surface area contributed by atoms with Gasteiger partial charge in [-0.05, 0) is 86.9 Å². The highest BCUT2D eigenvalue weighted by atomic mass is 28.3. The second kappa shape index (κ2) is 11.3. The van der Waals surface area contributed by atoms with Crippen LogP contribution in [0.3, 0.4) is 0 Å². The van der Waals surface area contributed by atoms with E-state index in [1.54, 1.807) is 5.20 Å². The SMILES string of the molecule is Cc1cc(C)cc(C(C2=CCC([Si](C(C)C)(C(C)C)C(C)C)=C2)(c2cc(C)cc(C)c2)c2cc(C)cc(C)c2)c1. The summed E-state index contributed by atoms with van der Waals surface area (Å²) in [5, 5.41) is 1.74. The molecule has 0 spiro atoms. The van der Waals surface area contributed by atoms with Crippen molar-refractivity contribution in [2.24, 2.45) is 0 Å². The quantitative estimate of drug-likeness (QED) is 0.194. The maximum absolute atomic E-state index is 2.69. The van der Waals surface area contributed by atoms with Crippen molar-refractivity contribution in [1.29, 1.82) is 0 Å². The van der Waals surface area contributed by atoms with Crippen molar-refractivity contribution in [3.63, 3.8) is 0 Å². The van der Waals surface area contributed by atoms with E-state index in [1.807, 2.05) is 0 Å². The van der Waals surface area contributed by atoms with E-state index in [-0.39, 0.29) is 5.41 Å². The molecule has 0 aliphatic heterocycles. The van der Waals surface area contributed by atoms with Crippen molar-refractivity contribution in [1.82, 2.24) is 0 Å². The van der Waals surface area contributed by atoms with E-state index in [2.05, 4.69) is 150 Å². The molecule has 0 amide bonds. The lowest BCUT2D eigenvalue weighted by Gasteiger charge is -2.45. The fourth-order valence-electron chi connectivity index (χ4n) is 8.77. The Kier molecular flexibility index (Phi) is 8.58. The maximum atomic E-state index is 2.69. The summed E-state index contributed by atoms with van der Waals surface area (Å²) < 4.78 is 0. The topological polar surface area (TPSA) is 0 Å². The minimum atomic E-state index is -1.77. The highest BCUT2D eigenvalue weighted by molar-refractivity contribution is 6.90. The Labute approximate surface area is 246 Å². The first-order valence-electron chi connectivity index (χ1n) is 15.4. The lowest BCUT2D eigenvalue weighted by atomic mass is 9.63. The minimum Gasteiger partial charge on any atom is -0.0761 e.